The first-order valence-electron chi connectivity index (χ1n) is 22.3. The molecule has 0 unspecified atom stereocenters. The number of rotatable bonds is 0. The van der Waals surface area contributed by atoms with Crippen LogP contribution in [0.4, 0.5) is 0 Å². The van der Waals surface area contributed by atoms with Gasteiger partial charge in [-0.15, -0.1) is 34.0 Å². The molecule has 0 aliphatic rings. The van der Waals surface area contributed by atoms with Crippen LogP contribution in [0.5, 0.6) is 0 Å². The van der Waals surface area contributed by atoms with Crippen molar-refractivity contribution in [2.45, 2.75) is 67.7 Å². The number of fused-ring (bicyclic) bond motifs is 3. The summed E-state index contributed by atoms with van der Waals surface area (Å²) in [6.07, 6.45) is 7.31. The molecule has 0 bridgehead atoms. The summed E-state index contributed by atoms with van der Waals surface area (Å²) in [7, 11) is 1.53. The van der Waals surface area contributed by atoms with Crippen LogP contribution in [0.15, 0.2) is 148 Å². The number of benzene rings is 3. The van der Waals surface area contributed by atoms with E-state index in [1.54, 1.807) is 46.4 Å². The van der Waals surface area contributed by atoms with E-state index in [0.717, 1.165) is 16.4 Å². The van der Waals surface area contributed by atoms with Gasteiger partial charge in [-0.2, -0.15) is 4.37 Å². The van der Waals surface area contributed by atoms with Crippen LogP contribution in [0.3, 0.4) is 0 Å². The van der Waals surface area contributed by atoms with Gasteiger partial charge in [0.25, 0.3) is 0 Å². The molecular weight excluding hydrogens is 855 g/mol. The lowest BCUT2D eigenvalue weighted by atomic mass is 9.87. The second kappa shape index (κ2) is 27.9. The summed E-state index contributed by atoms with van der Waals surface area (Å²) < 4.78 is 76.3. The van der Waals surface area contributed by atoms with Gasteiger partial charge < -0.3 is 4.57 Å². The molecule has 0 aliphatic carbocycles. The zero-order chi connectivity index (χ0) is 50.6. The van der Waals surface area contributed by atoms with Crippen molar-refractivity contribution in [3.8, 4) is 0 Å². The molecule has 314 valence electrons. The zero-order valence-corrected chi connectivity index (χ0v) is 40.3. The van der Waals surface area contributed by atoms with E-state index in [1.165, 1.54) is 67.1 Å². The fourth-order valence-electron chi connectivity index (χ4n) is 4.18. The van der Waals surface area contributed by atoms with Gasteiger partial charge in [-0.25, -0.2) is 8.75 Å². The Labute approximate surface area is 391 Å². The molecule has 0 saturated heterocycles. The lowest BCUT2D eigenvalue weighted by molar-refractivity contribution is 0.590. The predicted octanol–water partition coefficient (Wildman–Crippen LogP) is 15.0. The highest BCUT2D eigenvalue weighted by Crippen LogP contribution is 2.27. The van der Waals surface area contributed by atoms with Gasteiger partial charge in [0.1, 0.15) is 0 Å². The van der Waals surface area contributed by atoms with Gasteiger partial charge in [0.2, 0.25) is 0 Å². The van der Waals surface area contributed by atoms with Gasteiger partial charge in [-0.1, -0.05) is 87.4 Å². The second-order valence-corrected chi connectivity index (χ2v) is 18.6. The van der Waals surface area contributed by atoms with Crippen molar-refractivity contribution in [1.29, 1.82) is 0 Å². The van der Waals surface area contributed by atoms with Crippen molar-refractivity contribution in [3.63, 3.8) is 0 Å². The molecule has 7 nitrogen and oxygen atoms in total. The summed E-state index contributed by atoms with van der Waals surface area (Å²) in [6, 6.07) is 11.8. The van der Waals surface area contributed by atoms with E-state index in [0.29, 0.717) is 5.41 Å². The molecule has 0 atom stereocenters. The number of nitrogens with zero attached hydrogens (tertiary/aromatic N) is 7. The van der Waals surface area contributed by atoms with E-state index in [4.69, 9.17) is 11.0 Å². The largest absolute Gasteiger partial charge is 0.344 e. The minimum atomic E-state index is -0.419. The highest BCUT2D eigenvalue weighted by Gasteiger charge is 2.11. The number of aryl methyl sites for hydroxylation is 7. The first kappa shape index (κ1) is 38.2. The normalized spacial score (nSPS) is 11.7. The van der Waals surface area contributed by atoms with E-state index in [1.807, 2.05) is 98.6 Å². The van der Waals surface area contributed by atoms with E-state index in [-0.39, 0.29) is 46.0 Å². The van der Waals surface area contributed by atoms with Crippen molar-refractivity contribution in [2.75, 3.05) is 0 Å². The SMILES string of the molecule is CC(C)(C)c1ccccc1.Cc1ccns1.Cc1ccsn1.Cc1cncs1.Cc1cnsc1.Cc1cscn1.Cc1nccs1.[2H]c1c([2H])c([2H])c2c(c1[2H])c1c([2H])c([2H])c([2H])c([2H])c1n2C. The minimum Gasteiger partial charge on any atom is -0.344 e. The maximum atomic E-state index is 8.06. The number of thiazole rings is 3. The van der Waals surface area contributed by atoms with Crippen molar-refractivity contribution in [1.82, 2.24) is 32.6 Å². The van der Waals surface area contributed by atoms with Crippen LogP contribution in [-0.2, 0) is 12.5 Å². The molecule has 3 aromatic carbocycles. The summed E-state index contributed by atoms with van der Waals surface area (Å²) in [5, 5.41) is 9.34. The average Bonchev–Trinajstić information content (AvgIpc) is 4.17. The van der Waals surface area contributed by atoms with E-state index in [9.17, 15) is 0 Å². The Morgan fingerprint density at radius 2 is 1.32 bits per heavy atom. The smallest absolute Gasteiger partial charge is 0.0893 e. The lowest BCUT2D eigenvalue weighted by Crippen LogP contribution is -2.10. The lowest BCUT2D eigenvalue weighted by Gasteiger charge is -2.18. The fraction of sp³-hybridized carbons (Fsp3) is 0.234. The molecule has 0 saturated carbocycles. The number of aromatic nitrogens is 7. The second-order valence-electron chi connectivity index (χ2n) is 13.4. The summed E-state index contributed by atoms with van der Waals surface area (Å²) in [5.41, 5.74) is 9.17. The van der Waals surface area contributed by atoms with E-state index >= 15 is 0 Å². The first-order valence-corrected chi connectivity index (χ1v) is 23.5. The molecule has 0 aliphatic heterocycles. The van der Waals surface area contributed by atoms with E-state index < -0.39 is 24.2 Å². The highest BCUT2D eigenvalue weighted by molar-refractivity contribution is 7.09. The molecule has 0 spiro atoms. The molecule has 10 rings (SSSR count). The Bertz CT molecular complexity index is 2590. The molecule has 13 heteroatoms. The topological polar surface area (TPSA) is 82.3 Å². The van der Waals surface area contributed by atoms with Crippen molar-refractivity contribution in [2.24, 2.45) is 7.05 Å². The molecule has 7 heterocycles. The maximum absolute atomic E-state index is 8.06. The quantitative estimate of drug-likeness (QED) is 0.151. The van der Waals surface area contributed by atoms with Gasteiger partial charge in [0.05, 0.1) is 32.7 Å². The third-order valence-corrected chi connectivity index (χ3v) is 11.4. The summed E-state index contributed by atoms with van der Waals surface area (Å²) in [5.74, 6) is 0. The van der Waals surface area contributed by atoms with E-state index in [2.05, 4.69) is 79.2 Å². The molecule has 0 amide bonds. The number of hydrogen-bond acceptors (Lipinski definition) is 12. The monoisotopic (exact) mass is 917 g/mol. The molecule has 7 aromatic heterocycles. The molecular formula is C47H55N7S6. The van der Waals surface area contributed by atoms with Crippen LogP contribution in [0, 0.1) is 41.5 Å². The van der Waals surface area contributed by atoms with Crippen LogP contribution in [0.1, 0.15) is 69.0 Å². The Kier molecular flexibility index (Phi) is 17.8. The molecule has 0 fully saturated rings. The molecule has 0 radical (unpaired) electrons. The number of para-hydroxylation sites is 2. The van der Waals surface area contributed by atoms with Gasteiger partial charge in [0.15, 0.2) is 0 Å². The van der Waals surface area contributed by atoms with Gasteiger partial charge in [0, 0.05) is 90.6 Å². The van der Waals surface area contributed by atoms with Gasteiger partial charge in [-0.3, -0.25) is 15.0 Å². The van der Waals surface area contributed by atoms with Crippen LogP contribution in [-0.4, -0.2) is 32.6 Å². The van der Waals surface area contributed by atoms with Crippen LogP contribution >= 0.6 is 68.6 Å². The van der Waals surface area contributed by atoms with Crippen LogP contribution in [0.2, 0.25) is 0 Å². The number of hydrogen-bond donors (Lipinski definition) is 0. The Balaban J connectivity index is 0.000000223. The highest BCUT2D eigenvalue weighted by atomic mass is 32.1. The third kappa shape index (κ3) is 20.0. The summed E-state index contributed by atoms with van der Waals surface area (Å²) in [4.78, 5) is 14.3. The van der Waals surface area contributed by atoms with Crippen molar-refractivity contribution < 1.29 is 11.0 Å². The standard InChI is InChI=1S/C13H11N.C10H14.6C4H5NS/c1-14-12-8-4-2-6-10(12)11-7-3-5-9-13(11)14;1-10(2,3)9-7-5-4-6-8-9;1-4-2-6-3-5-4;1-4-2-5-3-6-4;1-4-2-5-6-3-4;1-4-5-2-3-6-4;1-4-2-3-6-5-4;1-4-2-3-5-6-4/h2-9H,1H3;4-8H,1-3H3;6*2-3H,1H3/i2D,3D,4D,5D,6D,7D,8D,9D;;;;;;;. The Hall–Kier alpha value is -4.76. The maximum Gasteiger partial charge on any atom is 0.0893 e. The summed E-state index contributed by atoms with van der Waals surface area (Å²) >= 11 is 9.47. The van der Waals surface area contributed by atoms with Gasteiger partial charge >= 0.3 is 0 Å². The first-order chi connectivity index (χ1) is 32.2. The average molecular weight is 918 g/mol. The van der Waals surface area contributed by atoms with Crippen LogP contribution < -0.4 is 0 Å². The summed E-state index contributed by atoms with van der Waals surface area (Å²) in [6.45, 7) is 18.7. The van der Waals surface area contributed by atoms with Gasteiger partial charge in [-0.05, 0) is 117 Å². The minimum absolute atomic E-state index is 0.121. The third-order valence-electron chi connectivity index (χ3n) is 7.25. The Morgan fingerprint density at radius 1 is 0.633 bits per heavy atom. The molecule has 60 heavy (non-hydrogen) atoms. The predicted molar refractivity (Wildman–Crippen MR) is 267 cm³/mol. The van der Waals surface area contributed by atoms with Crippen molar-refractivity contribution >= 4 is 90.4 Å². The van der Waals surface area contributed by atoms with Crippen molar-refractivity contribution in [3.05, 3.63) is 185 Å². The zero-order valence-electron chi connectivity index (χ0n) is 43.4. The van der Waals surface area contributed by atoms with Crippen LogP contribution in [0.25, 0.3) is 21.8 Å². The fourth-order valence-corrected chi connectivity index (χ4v) is 7.05. The molecule has 10 aromatic rings. The molecule has 0 N–H and O–H groups in total. The Morgan fingerprint density at radius 3 is 1.58 bits per heavy atom.